The standard InChI is InChI=1S/C15H20N2O3/c1-11-2-3-13-12(10-11)14(18)4-5-17(13)15(19)16-6-8-20-9-7-16/h2-3,10,14,18H,4-9H2,1H3. The molecule has 20 heavy (non-hydrogen) atoms. The lowest BCUT2D eigenvalue weighted by Gasteiger charge is -2.37. The van der Waals surface area contributed by atoms with Crippen molar-refractivity contribution < 1.29 is 14.6 Å². The van der Waals surface area contributed by atoms with E-state index in [1.807, 2.05) is 30.0 Å². The topological polar surface area (TPSA) is 53.0 Å². The summed E-state index contributed by atoms with van der Waals surface area (Å²) in [7, 11) is 0. The number of ether oxygens (including phenoxy) is 1. The van der Waals surface area contributed by atoms with Crippen LogP contribution < -0.4 is 4.90 Å². The van der Waals surface area contributed by atoms with Gasteiger partial charge in [-0.05, 0) is 19.4 Å². The molecule has 0 spiro atoms. The lowest BCUT2D eigenvalue weighted by molar-refractivity contribution is 0.0544. The average Bonchev–Trinajstić information content (AvgIpc) is 2.48. The van der Waals surface area contributed by atoms with Crippen molar-refractivity contribution in [2.45, 2.75) is 19.4 Å². The van der Waals surface area contributed by atoms with E-state index < -0.39 is 6.10 Å². The van der Waals surface area contributed by atoms with E-state index in [9.17, 15) is 9.90 Å². The van der Waals surface area contributed by atoms with Crippen LogP contribution in [0.5, 0.6) is 0 Å². The number of fused-ring (bicyclic) bond motifs is 1. The largest absolute Gasteiger partial charge is 0.388 e. The number of anilines is 1. The quantitative estimate of drug-likeness (QED) is 0.784. The number of benzene rings is 1. The van der Waals surface area contributed by atoms with Gasteiger partial charge >= 0.3 is 6.03 Å². The molecule has 1 aromatic carbocycles. The van der Waals surface area contributed by atoms with Gasteiger partial charge in [-0.3, -0.25) is 4.90 Å². The number of carbonyl (C=O) groups excluding carboxylic acids is 1. The summed E-state index contributed by atoms with van der Waals surface area (Å²) in [5.41, 5.74) is 2.80. The average molecular weight is 276 g/mol. The van der Waals surface area contributed by atoms with Crippen molar-refractivity contribution in [1.29, 1.82) is 0 Å². The minimum atomic E-state index is -0.473. The summed E-state index contributed by atoms with van der Waals surface area (Å²) in [5.74, 6) is 0. The first kappa shape index (κ1) is 13.4. The van der Waals surface area contributed by atoms with Crippen molar-refractivity contribution in [3.8, 4) is 0 Å². The highest BCUT2D eigenvalue weighted by molar-refractivity contribution is 5.93. The number of aliphatic hydroxyl groups is 1. The number of urea groups is 1. The number of aliphatic hydroxyl groups excluding tert-OH is 1. The molecule has 0 radical (unpaired) electrons. The predicted octanol–water partition coefficient (Wildman–Crippen LogP) is 1.69. The maximum absolute atomic E-state index is 12.6. The lowest BCUT2D eigenvalue weighted by Crippen LogP contribution is -2.50. The summed E-state index contributed by atoms with van der Waals surface area (Å²) in [6, 6.07) is 5.91. The zero-order valence-corrected chi connectivity index (χ0v) is 11.7. The van der Waals surface area contributed by atoms with Gasteiger partial charge in [0.15, 0.2) is 0 Å². The van der Waals surface area contributed by atoms with Gasteiger partial charge in [0, 0.05) is 25.2 Å². The number of aryl methyl sites for hydroxylation is 1. The van der Waals surface area contributed by atoms with E-state index in [-0.39, 0.29) is 6.03 Å². The number of rotatable bonds is 0. The number of morpholine rings is 1. The van der Waals surface area contributed by atoms with E-state index in [0.29, 0.717) is 39.3 Å². The van der Waals surface area contributed by atoms with Gasteiger partial charge in [-0.15, -0.1) is 0 Å². The molecule has 1 atom stereocenters. The molecule has 5 heteroatoms. The molecule has 1 fully saturated rings. The molecule has 0 bridgehead atoms. The van der Waals surface area contributed by atoms with Gasteiger partial charge in [0.2, 0.25) is 0 Å². The maximum atomic E-state index is 12.6. The van der Waals surface area contributed by atoms with E-state index in [1.165, 1.54) is 0 Å². The van der Waals surface area contributed by atoms with Crippen LogP contribution in [0.1, 0.15) is 23.7 Å². The van der Waals surface area contributed by atoms with Gasteiger partial charge < -0.3 is 14.7 Å². The third-order valence-electron chi connectivity index (χ3n) is 3.97. The number of nitrogens with zero attached hydrogens (tertiary/aromatic N) is 2. The van der Waals surface area contributed by atoms with Gasteiger partial charge in [-0.25, -0.2) is 4.79 Å². The van der Waals surface area contributed by atoms with Crippen LogP contribution >= 0.6 is 0 Å². The third kappa shape index (κ3) is 2.39. The Balaban J connectivity index is 1.88. The maximum Gasteiger partial charge on any atom is 0.324 e. The smallest absolute Gasteiger partial charge is 0.324 e. The second-order valence-corrected chi connectivity index (χ2v) is 5.40. The Morgan fingerprint density at radius 2 is 2.05 bits per heavy atom. The first-order chi connectivity index (χ1) is 9.66. The van der Waals surface area contributed by atoms with Crippen molar-refractivity contribution in [2.75, 3.05) is 37.7 Å². The summed E-state index contributed by atoms with van der Waals surface area (Å²) < 4.78 is 5.29. The van der Waals surface area contributed by atoms with Gasteiger partial charge in [0.1, 0.15) is 0 Å². The molecule has 1 unspecified atom stereocenters. The van der Waals surface area contributed by atoms with E-state index in [4.69, 9.17) is 4.74 Å². The Hall–Kier alpha value is -1.59. The first-order valence-corrected chi connectivity index (χ1v) is 7.09. The molecule has 0 aromatic heterocycles. The molecule has 108 valence electrons. The molecule has 5 nitrogen and oxygen atoms in total. The van der Waals surface area contributed by atoms with Crippen molar-refractivity contribution in [2.24, 2.45) is 0 Å². The van der Waals surface area contributed by atoms with E-state index in [0.717, 1.165) is 16.8 Å². The van der Waals surface area contributed by atoms with E-state index >= 15 is 0 Å². The lowest BCUT2D eigenvalue weighted by atomic mass is 9.97. The molecule has 2 amide bonds. The molecular weight excluding hydrogens is 256 g/mol. The third-order valence-corrected chi connectivity index (χ3v) is 3.97. The van der Waals surface area contributed by atoms with Gasteiger partial charge in [-0.2, -0.15) is 0 Å². The molecule has 3 rings (SSSR count). The summed E-state index contributed by atoms with van der Waals surface area (Å²) in [6.45, 7) is 5.03. The van der Waals surface area contributed by atoms with Crippen LogP contribution in [0.2, 0.25) is 0 Å². The minimum Gasteiger partial charge on any atom is -0.388 e. The highest BCUT2D eigenvalue weighted by atomic mass is 16.5. The molecule has 2 aliphatic heterocycles. The molecule has 0 aliphatic carbocycles. The van der Waals surface area contributed by atoms with Crippen LogP contribution in [0.3, 0.4) is 0 Å². The fourth-order valence-electron chi connectivity index (χ4n) is 2.84. The molecule has 2 heterocycles. The van der Waals surface area contributed by atoms with Crippen LogP contribution in [-0.4, -0.2) is 48.9 Å². The SMILES string of the molecule is Cc1ccc2c(c1)C(O)CCN2C(=O)N1CCOCC1. The molecule has 1 saturated heterocycles. The fraction of sp³-hybridized carbons (Fsp3) is 0.533. The van der Waals surface area contributed by atoms with Crippen molar-refractivity contribution >= 4 is 11.7 Å². The minimum absolute atomic E-state index is 0.0188. The Morgan fingerprint density at radius 3 is 2.80 bits per heavy atom. The zero-order chi connectivity index (χ0) is 14.1. The molecule has 2 aliphatic rings. The second-order valence-electron chi connectivity index (χ2n) is 5.40. The number of amides is 2. The number of hydrogen-bond acceptors (Lipinski definition) is 3. The van der Waals surface area contributed by atoms with Crippen LogP contribution in [0, 0.1) is 6.92 Å². The molecule has 1 aromatic rings. The van der Waals surface area contributed by atoms with Crippen LogP contribution in [0.15, 0.2) is 18.2 Å². The van der Waals surface area contributed by atoms with Crippen molar-refractivity contribution in [1.82, 2.24) is 4.90 Å². The van der Waals surface area contributed by atoms with E-state index in [1.54, 1.807) is 4.90 Å². The summed E-state index contributed by atoms with van der Waals surface area (Å²) in [4.78, 5) is 16.2. The molecule has 1 N–H and O–H groups in total. The van der Waals surface area contributed by atoms with Crippen LogP contribution in [-0.2, 0) is 4.74 Å². The van der Waals surface area contributed by atoms with Crippen LogP contribution in [0.4, 0.5) is 10.5 Å². The fourth-order valence-corrected chi connectivity index (χ4v) is 2.84. The Labute approximate surface area is 118 Å². The monoisotopic (exact) mass is 276 g/mol. The first-order valence-electron chi connectivity index (χ1n) is 7.09. The predicted molar refractivity (Wildman–Crippen MR) is 75.9 cm³/mol. The van der Waals surface area contributed by atoms with Crippen molar-refractivity contribution in [3.63, 3.8) is 0 Å². The summed E-state index contributed by atoms with van der Waals surface area (Å²) in [6.07, 6.45) is 0.116. The Morgan fingerprint density at radius 1 is 1.30 bits per heavy atom. The van der Waals surface area contributed by atoms with Gasteiger partial charge in [0.25, 0.3) is 0 Å². The Kier molecular flexibility index (Phi) is 3.63. The highest BCUT2D eigenvalue weighted by Crippen LogP contribution is 2.35. The number of carbonyl (C=O) groups is 1. The van der Waals surface area contributed by atoms with Gasteiger partial charge in [0.05, 0.1) is 25.0 Å². The second kappa shape index (κ2) is 5.42. The summed E-state index contributed by atoms with van der Waals surface area (Å²) >= 11 is 0. The van der Waals surface area contributed by atoms with Gasteiger partial charge in [-0.1, -0.05) is 17.7 Å². The molecule has 0 saturated carbocycles. The summed E-state index contributed by atoms with van der Waals surface area (Å²) in [5, 5.41) is 10.1. The highest BCUT2D eigenvalue weighted by Gasteiger charge is 2.30. The van der Waals surface area contributed by atoms with Crippen LogP contribution in [0.25, 0.3) is 0 Å². The molecular formula is C15H20N2O3. The zero-order valence-electron chi connectivity index (χ0n) is 11.7. The number of hydrogen-bond donors (Lipinski definition) is 1. The normalized spacial score (nSPS) is 22.6. The Bertz CT molecular complexity index is 512. The van der Waals surface area contributed by atoms with E-state index in [2.05, 4.69) is 0 Å². The van der Waals surface area contributed by atoms with Crippen molar-refractivity contribution in [3.05, 3.63) is 29.3 Å².